The van der Waals surface area contributed by atoms with Gasteiger partial charge in [0.05, 0.1) is 13.2 Å². The van der Waals surface area contributed by atoms with Crippen molar-refractivity contribution in [1.29, 1.82) is 0 Å². The zero-order chi connectivity index (χ0) is 13.8. The van der Waals surface area contributed by atoms with E-state index in [0.29, 0.717) is 25.6 Å². The van der Waals surface area contributed by atoms with Gasteiger partial charge in [-0.05, 0) is 17.7 Å². The van der Waals surface area contributed by atoms with Crippen LogP contribution in [0.1, 0.15) is 11.1 Å². The Hall–Kier alpha value is -0.390. The van der Waals surface area contributed by atoms with Crippen LogP contribution in [0.15, 0.2) is 16.6 Å². The van der Waals surface area contributed by atoms with Crippen LogP contribution in [0.2, 0.25) is 0 Å². The van der Waals surface area contributed by atoms with Crippen molar-refractivity contribution in [3.8, 4) is 5.75 Å². The molecule has 0 unspecified atom stereocenters. The molecule has 1 aromatic carbocycles. The Balaban J connectivity index is 2.16. The first kappa shape index (κ1) is 15.0. The van der Waals surface area contributed by atoms with Crippen molar-refractivity contribution in [1.82, 2.24) is 4.90 Å². The van der Waals surface area contributed by atoms with Gasteiger partial charge in [-0.2, -0.15) is 0 Å². The fourth-order valence-electron chi connectivity index (χ4n) is 2.25. The Morgan fingerprint density at radius 2 is 2.21 bits per heavy atom. The molecule has 0 radical (unpaired) electrons. The van der Waals surface area contributed by atoms with Gasteiger partial charge in [0.25, 0.3) is 6.43 Å². The summed E-state index contributed by atoms with van der Waals surface area (Å²) >= 11 is 9.11. The van der Waals surface area contributed by atoms with Crippen molar-refractivity contribution in [2.45, 2.75) is 19.4 Å². The van der Waals surface area contributed by atoms with Crippen molar-refractivity contribution in [2.24, 2.45) is 0 Å². The van der Waals surface area contributed by atoms with Gasteiger partial charge < -0.3 is 4.74 Å². The predicted octanol–water partition coefficient (Wildman–Crippen LogP) is 3.69. The quantitative estimate of drug-likeness (QED) is 0.723. The summed E-state index contributed by atoms with van der Waals surface area (Å²) in [6.45, 7) is 1.25. The molecule has 1 aromatic rings. The van der Waals surface area contributed by atoms with Crippen molar-refractivity contribution in [3.05, 3.63) is 27.7 Å². The summed E-state index contributed by atoms with van der Waals surface area (Å²) in [5.74, 6) is 1.18. The minimum atomic E-state index is -2.36. The zero-order valence-electron chi connectivity index (χ0n) is 10.3. The van der Waals surface area contributed by atoms with E-state index in [4.69, 9.17) is 16.3 Å². The molecule has 19 heavy (non-hydrogen) atoms. The maximum Gasteiger partial charge on any atom is 0.251 e. The molecule has 0 saturated heterocycles. The van der Waals surface area contributed by atoms with E-state index in [-0.39, 0.29) is 6.54 Å². The summed E-state index contributed by atoms with van der Waals surface area (Å²) in [6.07, 6.45) is -1.49. The van der Waals surface area contributed by atoms with Crippen molar-refractivity contribution < 1.29 is 13.5 Å². The molecule has 2 rings (SSSR count). The summed E-state index contributed by atoms with van der Waals surface area (Å²) in [5.41, 5.74) is 2.07. The molecular weight excluding hydrogens is 340 g/mol. The first-order valence-corrected chi connectivity index (χ1v) is 7.43. The van der Waals surface area contributed by atoms with Gasteiger partial charge >= 0.3 is 0 Å². The zero-order valence-corrected chi connectivity index (χ0v) is 12.7. The Morgan fingerprint density at radius 3 is 2.89 bits per heavy atom. The van der Waals surface area contributed by atoms with Gasteiger partial charge in [0.1, 0.15) is 5.75 Å². The molecule has 0 bridgehead atoms. The van der Waals surface area contributed by atoms with Crippen LogP contribution < -0.4 is 4.74 Å². The maximum absolute atomic E-state index is 12.5. The summed E-state index contributed by atoms with van der Waals surface area (Å²) in [5, 5.41) is 0. The highest BCUT2D eigenvalue weighted by molar-refractivity contribution is 9.10. The number of benzene rings is 1. The molecule has 0 amide bonds. The summed E-state index contributed by atoms with van der Waals surface area (Å²) in [7, 11) is 0. The lowest BCUT2D eigenvalue weighted by molar-refractivity contribution is 0.0874. The molecule has 2 nitrogen and oxygen atoms in total. The minimum Gasteiger partial charge on any atom is -0.493 e. The van der Waals surface area contributed by atoms with E-state index in [1.807, 2.05) is 12.1 Å². The van der Waals surface area contributed by atoms with Gasteiger partial charge in [-0.15, -0.1) is 11.6 Å². The lowest BCUT2D eigenvalue weighted by Gasteiger charge is -2.22. The number of ether oxygens (including phenoxy) is 1. The van der Waals surface area contributed by atoms with Gasteiger partial charge in [0, 0.05) is 35.4 Å². The van der Waals surface area contributed by atoms with E-state index < -0.39 is 6.43 Å². The molecule has 1 heterocycles. The van der Waals surface area contributed by atoms with Crippen molar-refractivity contribution in [3.63, 3.8) is 0 Å². The Morgan fingerprint density at radius 1 is 1.42 bits per heavy atom. The monoisotopic (exact) mass is 353 g/mol. The second-order valence-corrected chi connectivity index (χ2v) is 5.76. The van der Waals surface area contributed by atoms with Crippen LogP contribution in [0.3, 0.4) is 0 Å². The van der Waals surface area contributed by atoms with Crippen LogP contribution in [-0.4, -0.2) is 36.9 Å². The molecule has 1 aliphatic heterocycles. The molecule has 106 valence electrons. The van der Waals surface area contributed by atoms with Gasteiger partial charge in [-0.25, -0.2) is 8.78 Å². The average Bonchev–Trinajstić information content (AvgIpc) is 2.76. The number of fused-ring (bicyclic) bond motifs is 1. The molecule has 0 atom stereocenters. The number of rotatable bonds is 6. The number of nitrogens with zero attached hydrogens (tertiary/aromatic N) is 1. The lowest BCUT2D eigenvalue weighted by atomic mass is 10.1. The van der Waals surface area contributed by atoms with Crippen LogP contribution in [0.4, 0.5) is 8.78 Å². The van der Waals surface area contributed by atoms with E-state index in [1.54, 1.807) is 4.90 Å². The second kappa shape index (κ2) is 6.86. The van der Waals surface area contributed by atoms with Crippen LogP contribution in [0, 0.1) is 0 Å². The molecule has 0 aliphatic carbocycles. The maximum atomic E-state index is 12.5. The van der Waals surface area contributed by atoms with Crippen molar-refractivity contribution in [2.75, 3.05) is 25.6 Å². The molecule has 0 N–H and O–H groups in total. The highest BCUT2D eigenvalue weighted by atomic mass is 79.9. The van der Waals surface area contributed by atoms with E-state index in [0.717, 1.165) is 27.8 Å². The SMILES string of the molecule is FC(F)CN(CCCl)Cc1cc(Br)cc2c1OCC2. The summed E-state index contributed by atoms with van der Waals surface area (Å²) in [6, 6.07) is 3.95. The minimum absolute atomic E-state index is 0.270. The molecule has 0 aromatic heterocycles. The molecule has 6 heteroatoms. The summed E-state index contributed by atoms with van der Waals surface area (Å²) in [4.78, 5) is 1.65. The molecule has 0 saturated carbocycles. The van der Waals surface area contributed by atoms with Gasteiger partial charge in [0.15, 0.2) is 0 Å². The van der Waals surface area contributed by atoms with E-state index >= 15 is 0 Å². The molecular formula is C13H15BrClF2NO. The van der Waals surface area contributed by atoms with Gasteiger partial charge in [0.2, 0.25) is 0 Å². The highest BCUT2D eigenvalue weighted by Crippen LogP contribution is 2.33. The highest BCUT2D eigenvalue weighted by Gasteiger charge is 2.20. The van der Waals surface area contributed by atoms with Crippen LogP contribution in [0.5, 0.6) is 5.75 Å². The first-order chi connectivity index (χ1) is 9.10. The lowest BCUT2D eigenvalue weighted by Crippen LogP contribution is -2.30. The summed E-state index contributed by atoms with van der Waals surface area (Å²) < 4.78 is 31.6. The standard InChI is InChI=1S/C13H15BrClF2NO/c14-11-5-9-1-4-19-13(9)10(6-11)7-18(3-2-15)8-12(16)17/h5-6,12H,1-4,7-8H2. The third-order valence-corrected chi connectivity index (χ3v) is 3.64. The number of halogens is 4. The molecule has 0 fully saturated rings. The first-order valence-electron chi connectivity index (χ1n) is 6.10. The fourth-order valence-corrected chi connectivity index (χ4v) is 3.05. The fraction of sp³-hybridized carbons (Fsp3) is 0.538. The Kier molecular flexibility index (Phi) is 5.42. The van der Waals surface area contributed by atoms with Crippen LogP contribution in [0.25, 0.3) is 0 Å². The average molecular weight is 355 g/mol. The van der Waals surface area contributed by atoms with Crippen LogP contribution in [-0.2, 0) is 13.0 Å². The predicted molar refractivity (Wildman–Crippen MR) is 75.3 cm³/mol. The third kappa shape index (κ3) is 4.04. The Labute approximate surface area is 124 Å². The van der Waals surface area contributed by atoms with Gasteiger partial charge in [-0.3, -0.25) is 4.90 Å². The topological polar surface area (TPSA) is 12.5 Å². The Bertz CT molecular complexity index is 445. The normalized spacial score (nSPS) is 14.0. The number of hydrogen-bond donors (Lipinski definition) is 0. The van der Waals surface area contributed by atoms with Gasteiger partial charge in [-0.1, -0.05) is 15.9 Å². The number of hydrogen-bond acceptors (Lipinski definition) is 2. The van der Waals surface area contributed by atoms with Crippen molar-refractivity contribution >= 4 is 27.5 Å². The number of alkyl halides is 3. The van der Waals surface area contributed by atoms with E-state index in [1.165, 1.54) is 0 Å². The van der Waals surface area contributed by atoms with E-state index in [2.05, 4.69) is 15.9 Å². The van der Waals surface area contributed by atoms with E-state index in [9.17, 15) is 8.78 Å². The van der Waals surface area contributed by atoms with Crippen LogP contribution >= 0.6 is 27.5 Å². The second-order valence-electron chi connectivity index (χ2n) is 4.47. The third-order valence-electron chi connectivity index (χ3n) is 3.02. The smallest absolute Gasteiger partial charge is 0.251 e. The molecule has 0 spiro atoms. The molecule has 1 aliphatic rings. The largest absolute Gasteiger partial charge is 0.493 e.